The number of halogens is 1. The van der Waals surface area contributed by atoms with Gasteiger partial charge in [0.05, 0.1) is 30.4 Å². The highest BCUT2D eigenvalue weighted by atomic mass is 32.2. The van der Waals surface area contributed by atoms with Crippen LogP contribution in [-0.4, -0.2) is 90.9 Å². The summed E-state index contributed by atoms with van der Waals surface area (Å²) in [5.41, 5.74) is -1.65. The summed E-state index contributed by atoms with van der Waals surface area (Å²) in [6.45, 7) is 7.65. The van der Waals surface area contributed by atoms with Crippen LogP contribution in [0, 0.1) is 29.0 Å². The molecule has 2 aliphatic heterocycles. The Kier molecular flexibility index (Phi) is 10.5. The summed E-state index contributed by atoms with van der Waals surface area (Å²) in [4.78, 5) is 62.2. The monoisotopic (exact) mass is 797 g/mol. The molecular weight excluding hydrogens is 746 g/mol. The van der Waals surface area contributed by atoms with Gasteiger partial charge in [0.25, 0.3) is 5.91 Å². The number of nitrogens with one attached hydrogen (secondary N) is 3. The fraction of sp³-hybridized carbons (Fsp3) is 0.625. The Labute approximate surface area is 326 Å². The van der Waals surface area contributed by atoms with Crippen molar-refractivity contribution in [2.45, 2.75) is 114 Å². The van der Waals surface area contributed by atoms with Gasteiger partial charge in [-0.2, -0.15) is 0 Å². The van der Waals surface area contributed by atoms with Crippen LogP contribution >= 0.6 is 0 Å². The number of benzene rings is 1. The van der Waals surface area contributed by atoms with Crippen LogP contribution in [0.25, 0.3) is 10.8 Å². The number of hydrogen-bond acceptors (Lipinski definition) is 10. The fourth-order valence-corrected chi connectivity index (χ4v) is 9.29. The molecule has 3 aliphatic carbocycles. The second-order valence-corrected chi connectivity index (χ2v) is 19.5. The highest BCUT2D eigenvalue weighted by molar-refractivity contribution is 7.91. The van der Waals surface area contributed by atoms with E-state index in [1.807, 2.05) is 26.0 Å². The standard InChI is InChI=1S/C40H52FN5O9S/c1-23-8-6-7-9-25-20-40(25,36(49)45-56(51,52)39(4)13-14-39)44-33(47)30-19-27(55-34-29-17-26(41)18-31(53-5)28(29)10-15-42-34)21-46(30)35(48)32(24(2)16-23)43-37(50)54-22-38(3)11-12-38/h7,9-10,15,17-18,23-25,27,30,32H,6,8,11-14,16,19-22H2,1-5H3,(H,43,50)(H,44,47)(H,45,49)/b9-7-/t23-,24+,25+,27+,30-,32-,40+/m0/s1. The van der Waals surface area contributed by atoms with Gasteiger partial charge in [0.2, 0.25) is 27.7 Å². The first-order valence-corrected chi connectivity index (χ1v) is 21.0. The van der Waals surface area contributed by atoms with Gasteiger partial charge in [-0.05, 0) is 82.3 Å². The van der Waals surface area contributed by atoms with E-state index in [1.54, 1.807) is 13.0 Å². The smallest absolute Gasteiger partial charge is 0.407 e. The lowest BCUT2D eigenvalue weighted by Gasteiger charge is -2.32. The van der Waals surface area contributed by atoms with Crippen molar-refractivity contribution >= 4 is 44.6 Å². The van der Waals surface area contributed by atoms with Gasteiger partial charge in [0.15, 0.2) is 0 Å². The van der Waals surface area contributed by atoms with Crippen molar-refractivity contribution in [2.24, 2.45) is 23.2 Å². The number of ether oxygens (including phenoxy) is 3. The molecule has 4 amide bonds. The maximum Gasteiger partial charge on any atom is 0.407 e. The molecule has 3 heterocycles. The molecule has 0 radical (unpaired) electrons. The molecule has 7 rings (SSSR count). The van der Waals surface area contributed by atoms with Crippen molar-refractivity contribution in [1.82, 2.24) is 25.2 Å². The first-order chi connectivity index (χ1) is 26.5. The summed E-state index contributed by atoms with van der Waals surface area (Å²) in [6, 6.07) is 1.90. The second-order valence-electron chi connectivity index (χ2n) is 17.3. The summed E-state index contributed by atoms with van der Waals surface area (Å²) in [7, 11) is -2.60. The van der Waals surface area contributed by atoms with E-state index in [4.69, 9.17) is 14.2 Å². The Morgan fingerprint density at radius 3 is 2.54 bits per heavy atom. The van der Waals surface area contributed by atoms with Crippen LogP contribution in [0.2, 0.25) is 0 Å². The Morgan fingerprint density at radius 1 is 1.09 bits per heavy atom. The zero-order chi connectivity index (χ0) is 40.2. The van der Waals surface area contributed by atoms with Crippen LogP contribution in [0.15, 0.2) is 36.5 Å². The Morgan fingerprint density at radius 2 is 1.84 bits per heavy atom. The van der Waals surface area contributed by atoms with Gasteiger partial charge >= 0.3 is 6.09 Å². The average molecular weight is 798 g/mol. The van der Waals surface area contributed by atoms with E-state index in [0.29, 0.717) is 36.5 Å². The predicted molar refractivity (Wildman–Crippen MR) is 203 cm³/mol. The number of carbonyl (C=O) groups excluding carboxylic acids is 4. The highest BCUT2D eigenvalue weighted by Gasteiger charge is 2.63. The number of hydrogen-bond donors (Lipinski definition) is 3. The molecule has 4 fully saturated rings. The number of amides is 4. The first kappa shape index (κ1) is 39.8. The number of pyridine rings is 1. The molecule has 7 atom stereocenters. The fourth-order valence-electron chi connectivity index (χ4n) is 7.97. The van der Waals surface area contributed by atoms with Crippen LogP contribution in [0.3, 0.4) is 0 Å². The van der Waals surface area contributed by atoms with Crippen molar-refractivity contribution in [3.8, 4) is 11.6 Å². The molecule has 0 unspecified atom stereocenters. The number of nitrogens with zero attached hydrogens (tertiary/aromatic N) is 2. The molecule has 2 aromatic rings. The van der Waals surface area contributed by atoms with E-state index in [1.165, 1.54) is 30.3 Å². The van der Waals surface area contributed by atoms with Crippen LogP contribution in [-0.2, 0) is 29.1 Å². The Bertz CT molecular complexity index is 2050. The second kappa shape index (κ2) is 14.8. The minimum Gasteiger partial charge on any atom is -0.496 e. The number of aromatic nitrogens is 1. The molecule has 5 aliphatic rings. The molecule has 16 heteroatoms. The lowest BCUT2D eigenvalue weighted by Crippen LogP contribution is -2.59. The van der Waals surface area contributed by atoms with E-state index in [2.05, 4.69) is 27.3 Å². The van der Waals surface area contributed by atoms with Crippen LogP contribution in [0.1, 0.15) is 85.5 Å². The first-order valence-electron chi connectivity index (χ1n) is 19.5. The molecule has 56 heavy (non-hydrogen) atoms. The maximum atomic E-state index is 14.8. The molecule has 304 valence electrons. The summed E-state index contributed by atoms with van der Waals surface area (Å²) < 4.78 is 59.6. The van der Waals surface area contributed by atoms with Crippen molar-refractivity contribution in [2.75, 3.05) is 20.3 Å². The van der Waals surface area contributed by atoms with Gasteiger partial charge in [-0.3, -0.25) is 19.1 Å². The summed E-state index contributed by atoms with van der Waals surface area (Å²) >= 11 is 0. The number of allylic oxidation sites excluding steroid dienone is 1. The van der Waals surface area contributed by atoms with E-state index < -0.39 is 74.0 Å². The molecule has 3 saturated carbocycles. The topological polar surface area (TPSA) is 182 Å². The van der Waals surface area contributed by atoms with Crippen LogP contribution in [0.5, 0.6) is 11.6 Å². The average Bonchev–Trinajstić information content (AvgIpc) is 4.11. The number of fused-ring (bicyclic) bond motifs is 3. The minimum atomic E-state index is -4.02. The Balaban J connectivity index is 1.21. The Hall–Kier alpha value is -4.47. The summed E-state index contributed by atoms with van der Waals surface area (Å²) in [5, 5.41) is 6.56. The van der Waals surface area contributed by atoms with E-state index >= 15 is 0 Å². The largest absolute Gasteiger partial charge is 0.496 e. The quantitative estimate of drug-likeness (QED) is 0.306. The molecule has 0 bridgehead atoms. The third-order valence-corrected chi connectivity index (χ3v) is 14.6. The number of alkyl carbamates (subject to hydrolysis) is 1. The third-order valence-electron chi connectivity index (χ3n) is 12.4. The molecule has 1 saturated heterocycles. The number of carbonyl (C=O) groups is 4. The summed E-state index contributed by atoms with van der Waals surface area (Å²) in [6.07, 6.45) is 8.55. The molecular formula is C40H52FN5O9S. The molecule has 1 aromatic carbocycles. The van der Waals surface area contributed by atoms with Crippen molar-refractivity contribution in [3.63, 3.8) is 0 Å². The SMILES string of the molecule is COc1cc(F)cc2c(O[C@@H]3C[C@H]4C(=O)N[C@]5(C(=O)NS(=O)(=O)C6(C)CC6)C[C@H]5/C=C\CC[C@H](C)C[C@@H](C)[C@H](NC(=O)OCC5(C)CC5)C(=O)N4C3)nccc12. The zero-order valence-electron chi connectivity index (χ0n) is 32.6. The number of sulfonamides is 1. The number of methoxy groups -OCH3 is 1. The molecule has 3 N–H and O–H groups in total. The van der Waals surface area contributed by atoms with Crippen molar-refractivity contribution < 1.29 is 46.2 Å². The van der Waals surface area contributed by atoms with E-state index in [9.17, 15) is 32.0 Å². The van der Waals surface area contributed by atoms with Gasteiger partial charge in [0, 0.05) is 35.4 Å². The summed E-state index contributed by atoms with van der Waals surface area (Å²) in [5.74, 6) is -2.99. The van der Waals surface area contributed by atoms with Gasteiger partial charge in [-0.25, -0.2) is 22.6 Å². The van der Waals surface area contributed by atoms with Crippen molar-refractivity contribution in [1.29, 1.82) is 0 Å². The normalized spacial score (nSPS) is 31.4. The van der Waals surface area contributed by atoms with Gasteiger partial charge in [-0.15, -0.1) is 0 Å². The molecule has 1 aromatic heterocycles. The lowest BCUT2D eigenvalue weighted by molar-refractivity contribution is -0.142. The van der Waals surface area contributed by atoms with E-state index in [0.717, 1.165) is 19.3 Å². The van der Waals surface area contributed by atoms with Crippen LogP contribution in [0.4, 0.5) is 9.18 Å². The third kappa shape index (κ3) is 8.03. The van der Waals surface area contributed by atoms with Gasteiger partial charge in [0.1, 0.15) is 35.3 Å². The number of rotatable bonds is 9. The highest BCUT2D eigenvalue weighted by Crippen LogP contribution is 2.48. The molecule has 14 nitrogen and oxygen atoms in total. The van der Waals surface area contributed by atoms with Gasteiger partial charge < -0.3 is 29.7 Å². The maximum absolute atomic E-state index is 14.8. The molecule has 0 spiro atoms. The lowest BCUT2D eigenvalue weighted by atomic mass is 9.88. The minimum absolute atomic E-state index is 0.0447. The van der Waals surface area contributed by atoms with Gasteiger partial charge in [-0.1, -0.05) is 32.9 Å². The van der Waals surface area contributed by atoms with Crippen LogP contribution < -0.4 is 24.8 Å². The van der Waals surface area contributed by atoms with E-state index in [-0.39, 0.29) is 54.9 Å². The van der Waals surface area contributed by atoms with Crippen molar-refractivity contribution in [3.05, 3.63) is 42.4 Å². The zero-order valence-corrected chi connectivity index (χ0v) is 33.4. The predicted octanol–water partition coefficient (Wildman–Crippen LogP) is 4.51.